The minimum absolute atomic E-state index is 0.0343. The minimum atomic E-state index is -0.989. The molecule has 7 nitrogen and oxygen atoms in total. The fourth-order valence-corrected chi connectivity index (χ4v) is 1.52. The fraction of sp³-hybridized carbons (Fsp3) is 0.417. The molecule has 0 saturated heterocycles. The Morgan fingerprint density at radius 2 is 2.32 bits per heavy atom. The van der Waals surface area contributed by atoms with E-state index in [1.54, 1.807) is 11.0 Å². The van der Waals surface area contributed by atoms with Gasteiger partial charge in [0.1, 0.15) is 6.54 Å². The summed E-state index contributed by atoms with van der Waals surface area (Å²) >= 11 is 0. The predicted octanol–water partition coefficient (Wildman–Crippen LogP) is 1.40. The highest BCUT2D eigenvalue weighted by atomic mass is 16.4. The Morgan fingerprint density at radius 1 is 1.63 bits per heavy atom. The van der Waals surface area contributed by atoms with Crippen molar-refractivity contribution in [3.05, 3.63) is 25.0 Å². The number of hydrogen-bond donors (Lipinski definition) is 2. The van der Waals surface area contributed by atoms with Crippen molar-refractivity contribution >= 4 is 17.7 Å². The number of carbonyl (C=O) groups excluding carboxylic acids is 1. The molecule has 0 bridgehead atoms. The third-order valence-electron chi connectivity index (χ3n) is 2.39. The number of nitrogens with zero attached hydrogens (tertiary/aromatic N) is 3. The van der Waals surface area contributed by atoms with Crippen molar-refractivity contribution in [1.29, 1.82) is 0 Å². The van der Waals surface area contributed by atoms with Crippen molar-refractivity contribution in [2.75, 3.05) is 11.9 Å². The number of aromatic nitrogens is 2. The van der Waals surface area contributed by atoms with Crippen molar-refractivity contribution in [2.45, 2.75) is 26.4 Å². The van der Waals surface area contributed by atoms with Crippen LogP contribution in [0.15, 0.2) is 25.0 Å². The van der Waals surface area contributed by atoms with E-state index >= 15 is 0 Å². The van der Waals surface area contributed by atoms with Crippen LogP contribution in [-0.2, 0) is 11.3 Å². The summed E-state index contributed by atoms with van der Waals surface area (Å²) in [4.78, 5) is 24.1. The van der Waals surface area contributed by atoms with Gasteiger partial charge < -0.3 is 15.3 Å². The van der Waals surface area contributed by atoms with Crippen LogP contribution in [0.1, 0.15) is 13.8 Å². The molecule has 0 atom stereocenters. The zero-order valence-corrected chi connectivity index (χ0v) is 11.0. The molecule has 0 saturated carbocycles. The second-order valence-corrected chi connectivity index (χ2v) is 4.29. The summed E-state index contributed by atoms with van der Waals surface area (Å²) in [5.74, 6) is -0.989. The van der Waals surface area contributed by atoms with E-state index in [0.717, 1.165) is 0 Å². The van der Waals surface area contributed by atoms with Gasteiger partial charge in [0.05, 0.1) is 11.9 Å². The molecule has 1 aromatic rings. The summed E-state index contributed by atoms with van der Waals surface area (Å²) in [5, 5.41) is 15.1. The average Bonchev–Trinajstić information content (AvgIpc) is 2.71. The number of carbonyl (C=O) groups is 2. The van der Waals surface area contributed by atoms with Gasteiger partial charge >= 0.3 is 12.0 Å². The van der Waals surface area contributed by atoms with Crippen molar-refractivity contribution in [3.63, 3.8) is 0 Å². The van der Waals surface area contributed by atoms with Gasteiger partial charge in [0.2, 0.25) is 0 Å². The maximum Gasteiger partial charge on any atom is 0.325 e. The fourth-order valence-electron chi connectivity index (χ4n) is 1.52. The first-order chi connectivity index (χ1) is 8.93. The van der Waals surface area contributed by atoms with E-state index in [1.807, 2.05) is 13.8 Å². The van der Waals surface area contributed by atoms with Crippen LogP contribution in [0.2, 0.25) is 0 Å². The Hall–Kier alpha value is -2.31. The summed E-state index contributed by atoms with van der Waals surface area (Å²) in [6.45, 7) is 7.60. The first kappa shape index (κ1) is 14.7. The van der Waals surface area contributed by atoms with Crippen molar-refractivity contribution in [2.24, 2.45) is 0 Å². The van der Waals surface area contributed by atoms with Crippen LogP contribution in [0, 0.1) is 0 Å². The Kier molecular flexibility index (Phi) is 5.11. The van der Waals surface area contributed by atoms with Crippen LogP contribution in [0.4, 0.5) is 10.5 Å². The van der Waals surface area contributed by atoms with Crippen molar-refractivity contribution in [1.82, 2.24) is 14.7 Å². The molecule has 104 valence electrons. The van der Waals surface area contributed by atoms with Gasteiger partial charge in [-0.05, 0) is 13.8 Å². The highest BCUT2D eigenvalue weighted by Crippen LogP contribution is 2.08. The standard InChI is InChI=1S/C12H18N4O3/c1-4-5-16(9(2)3)12(19)14-10-6-13-15(7-10)8-11(17)18/h4,6-7,9H,1,5,8H2,2-3H3,(H,14,19)(H,17,18). The number of hydrogen-bond acceptors (Lipinski definition) is 3. The molecule has 0 fully saturated rings. The number of urea groups is 1. The van der Waals surface area contributed by atoms with E-state index in [0.29, 0.717) is 12.2 Å². The lowest BCUT2D eigenvalue weighted by Crippen LogP contribution is -2.40. The van der Waals surface area contributed by atoms with Crippen LogP contribution in [0.25, 0.3) is 0 Å². The Balaban J connectivity index is 2.67. The molecule has 0 aliphatic rings. The van der Waals surface area contributed by atoms with Crippen LogP contribution < -0.4 is 5.32 Å². The van der Waals surface area contributed by atoms with Crippen LogP contribution >= 0.6 is 0 Å². The van der Waals surface area contributed by atoms with Crippen LogP contribution in [-0.4, -0.2) is 44.4 Å². The molecule has 1 aromatic heterocycles. The van der Waals surface area contributed by atoms with E-state index in [1.165, 1.54) is 17.1 Å². The molecule has 0 unspecified atom stereocenters. The second kappa shape index (κ2) is 6.58. The number of nitrogens with one attached hydrogen (secondary N) is 1. The molecule has 19 heavy (non-hydrogen) atoms. The smallest absolute Gasteiger partial charge is 0.325 e. The molecule has 1 heterocycles. The average molecular weight is 266 g/mol. The number of carboxylic acids is 1. The van der Waals surface area contributed by atoms with Crippen LogP contribution in [0.5, 0.6) is 0 Å². The summed E-state index contributed by atoms with van der Waals surface area (Å²) in [5.41, 5.74) is 0.459. The molecule has 0 aliphatic heterocycles. The summed E-state index contributed by atoms with van der Waals surface area (Å²) in [6, 6.07) is -0.239. The molecule has 0 spiro atoms. The Bertz CT molecular complexity index is 467. The van der Waals surface area contributed by atoms with Crippen molar-refractivity contribution < 1.29 is 14.7 Å². The number of carboxylic acid groups (broad SMARTS) is 1. The largest absolute Gasteiger partial charge is 0.480 e. The van der Waals surface area contributed by atoms with Crippen LogP contribution in [0.3, 0.4) is 0 Å². The van der Waals surface area contributed by atoms with E-state index in [4.69, 9.17) is 5.11 Å². The quantitative estimate of drug-likeness (QED) is 0.762. The number of rotatable bonds is 6. The summed E-state index contributed by atoms with van der Waals surface area (Å²) < 4.78 is 1.24. The Labute approximate surface area is 111 Å². The molecule has 2 amide bonds. The highest BCUT2D eigenvalue weighted by molar-refractivity contribution is 5.89. The maximum atomic E-state index is 12.0. The van der Waals surface area contributed by atoms with Gasteiger partial charge in [0, 0.05) is 18.8 Å². The van der Waals surface area contributed by atoms with Gasteiger partial charge in [-0.15, -0.1) is 6.58 Å². The van der Waals surface area contributed by atoms with E-state index < -0.39 is 5.97 Å². The number of aliphatic carboxylic acids is 1. The summed E-state index contributed by atoms with van der Waals surface area (Å²) in [7, 11) is 0. The molecule has 0 aliphatic carbocycles. The molecule has 1 rings (SSSR count). The number of amides is 2. The zero-order valence-electron chi connectivity index (χ0n) is 11.0. The van der Waals surface area contributed by atoms with E-state index in [9.17, 15) is 9.59 Å². The first-order valence-corrected chi connectivity index (χ1v) is 5.86. The molecular formula is C12H18N4O3. The van der Waals surface area contributed by atoms with E-state index in [-0.39, 0.29) is 18.6 Å². The molecule has 0 aromatic carbocycles. The molecule has 7 heteroatoms. The van der Waals surface area contributed by atoms with Gasteiger partial charge in [0.25, 0.3) is 0 Å². The van der Waals surface area contributed by atoms with Gasteiger partial charge in [-0.2, -0.15) is 5.10 Å². The van der Waals surface area contributed by atoms with Gasteiger partial charge in [0.15, 0.2) is 0 Å². The maximum absolute atomic E-state index is 12.0. The molecule has 2 N–H and O–H groups in total. The monoisotopic (exact) mass is 266 g/mol. The lowest BCUT2D eigenvalue weighted by Gasteiger charge is -2.25. The normalized spacial score (nSPS) is 10.3. The zero-order chi connectivity index (χ0) is 14.4. The highest BCUT2D eigenvalue weighted by Gasteiger charge is 2.16. The first-order valence-electron chi connectivity index (χ1n) is 5.86. The van der Waals surface area contributed by atoms with Gasteiger partial charge in [-0.25, -0.2) is 4.79 Å². The minimum Gasteiger partial charge on any atom is -0.480 e. The molecular weight excluding hydrogens is 248 g/mol. The molecule has 0 radical (unpaired) electrons. The SMILES string of the molecule is C=CCN(C(=O)Nc1cnn(CC(=O)O)c1)C(C)C. The lowest BCUT2D eigenvalue weighted by molar-refractivity contribution is -0.137. The van der Waals surface area contributed by atoms with Crippen molar-refractivity contribution in [3.8, 4) is 0 Å². The van der Waals surface area contributed by atoms with E-state index in [2.05, 4.69) is 17.0 Å². The third kappa shape index (κ3) is 4.46. The predicted molar refractivity (Wildman–Crippen MR) is 70.9 cm³/mol. The van der Waals surface area contributed by atoms with Gasteiger partial charge in [-0.1, -0.05) is 6.08 Å². The number of anilines is 1. The Morgan fingerprint density at radius 3 is 2.84 bits per heavy atom. The van der Waals surface area contributed by atoms with Gasteiger partial charge in [-0.3, -0.25) is 9.48 Å². The topological polar surface area (TPSA) is 87.5 Å². The second-order valence-electron chi connectivity index (χ2n) is 4.29. The third-order valence-corrected chi connectivity index (χ3v) is 2.39. The lowest BCUT2D eigenvalue weighted by atomic mass is 10.3. The summed E-state index contributed by atoms with van der Waals surface area (Å²) in [6.07, 6.45) is 4.53.